The average Bonchev–Trinajstić information content (AvgIpc) is 2.70. The van der Waals surface area contributed by atoms with Gasteiger partial charge in [0.2, 0.25) is 0 Å². The molecule has 0 radical (unpaired) electrons. The van der Waals surface area contributed by atoms with Crippen LogP contribution in [0.25, 0.3) is 0 Å². The molecule has 0 fully saturated rings. The Morgan fingerprint density at radius 3 is 2.84 bits per heavy atom. The van der Waals surface area contributed by atoms with Gasteiger partial charge in [-0.2, -0.15) is 0 Å². The maximum Gasteiger partial charge on any atom is 0.132 e. The third-order valence-electron chi connectivity index (χ3n) is 3.63. The SMILES string of the molecule is COc1ccc(C(NN)C2=CCCCCC2)c(F)c1. The third kappa shape index (κ3) is 3.33. The first kappa shape index (κ1) is 14.0. The van der Waals surface area contributed by atoms with Crippen molar-refractivity contribution in [1.82, 2.24) is 5.43 Å². The van der Waals surface area contributed by atoms with E-state index in [0.29, 0.717) is 11.3 Å². The molecule has 3 nitrogen and oxygen atoms in total. The molecule has 1 aromatic carbocycles. The molecule has 1 unspecified atom stereocenters. The molecule has 0 aliphatic heterocycles. The minimum Gasteiger partial charge on any atom is -0.497 e. The number of hydrogen-bond donors (Lipinski definition) is 2. The van der Waals surface area contributed by atoms with Crippen molar-refractivity contribution < 1.29 is 9.13 Å². The summed E-state index contributed by atoms with van der Waals surface area (Å²) < 4.78 is 19.2. The Labute approximate surface area is 113 Å². The van der Waals surface area contributed by atoms with Gasteiger partial charge in [0, 0.05) is 11.6 Å². The maximum absolute atomic E-state index is 14.1. The van der Waals surface area contributed by atoms with Crippen LogP contribution in [0.5, 0.6) is 5.75 Å². The van der Waals surface area contributed by atoms with Crippen molar-refractivity contribution in [2.45, 2.75) is 38.1 Å². The second-order valence-corrected chi connectivity index (χ2v) is 4.87. The summed E-state index contributed by atoms with van der Waals surface area (Å²) in [6, 6.07) is 4.66. The van der Waals surface area contributed by atoms with Crippen molar-refractivity contribution in [3.8, 4) is 5.75 Å². The molecule has 1 aliphatic carbocycles. The number of ether oxygens (including phenoxy) is 1. The summed E-state index contributed by atoms with van der Waals surface area (Å²) in [5.74, 6) is 5.87. The molecule has 1 atom stereocenters. The van der Waals surface area contributed by atoms with E-state index in [-0.39, 0.29) is 11.9 Å². The monoisotopic (exact) mass is 264 g/mol. The highest BCUT2D eigenvalue weighted by Gasteiger charge is 2.19. The van der Waals surface area contributed by atoms with Crippen LogP contribution >= 0.6 is 0 Å². The van der Waals surface area contributed by atoms with E-state index in [4.69, 9.17) is 10.6 Å². The molecule has 0 aromatic heterocycles. The standard InChI is InChI=1S/C15H21FN2O/c1-19-12-8-9-13(14(16)10-12)15(18-17)11-6-4-2-3-5-7-11/h6,8-10,15,18H,2-5,7,17H2,1H3. The lowest BCUT2D eigenvalue weighted by Gasteiger charge is -2.20. The van der Waals surface area contributed by atoms with Gasteiger partial charge in [-0.25, -0.2) is 9.82 Å². The number of nitrogens with one attached hydrogen (secondary N) is 1. The number of benzene rings is 1. The van der Waals surface area contributed by atoms with Crippen LogP contribution < -0.4 is 16.0 Å². The lowest BCUT2D eigenvalue weighted by molar-refractivity contribution is 0.409. The van der Waals surface area contributed by atoms with Gasteiger partial charge in [-0.05, 0) is 31.7 Å². The first-order valence-electron chi connectivity index (χ1n) is 6.74. The fourth-order valence-corrected chi connectivity index (χ4v) is 2.57. The number of halogens is 1. The zero-order valence-electron chi connectivity index (χ0n) is 11.3. The van der Waals surface area contributed by atoms with Crippen LogP contribution in [0.3, 0.4) is 0 Å². The van der Waals surface area contributed by atoms with Gasteiger partial charge in [0.1, 0.15) is 11.6 Å². The molecule has 0 amide bonds. The van der Waals surface area contributed by atoms with Gasteiger partial charge in [-0.3, -0.25) is 5.84 Å². The molecule has 0 saturated carbocycles. The van der Waals surface area contributed by atoms with E-state index in [2.05, 4.69) is 11.5 Å². The normalized spacial score (nSPS) is 17.5. The van der Waals surface area contributed by atoms with Crippen molar-refractivity contribution in [2.75, 3.05) is 7.11 Å². The molecule has 0 heterocycles. The largest absolute Gasteiger partial charge is 0.497 e. The summed E-state index contributed by atoms with van der Waals surface area (Å²) in [4.78, 5) is 0. The molecule has 1 aliphatic rings. The van der Waals surface area contributed by atoms with Crippen LogP contribution in [0.15, 0.2) is 29.8 Å². The van der Waals surface area contributed by atoms with E-state index in [1.54, 1.807) is 12.1 Å². The molecule has 104 valence electrons. The summed E-state index contributed by atoms with van der Waals surface area (Å²) in [6.45, 7) is 0. The Balaban J connectivity index is 2.28. The van der Waals surface area contributed by atoms with Gasteiger partial charge in [0.25, 0.3) is 0 Å². The minimum absolute atomic E-state index is 0.246. The number of allylic oxidation sites excluding steroid dienone is 1. The van der Waals surface area contributed by atoms with Crippen LogP contribution in [-0.4, -0.2) is 7.11 Å². The number of nitrogens with two attached hydrogens (primary N) is 1. The Kier molecular flexibility index (Phi) is 4.93. The Hall–Kier alpha value is -1.39. The number of hydrogen-bond acceptors (Lipinski definition) is 3. The molecular weight excluding hydrogens is 243 g/mol. The second-order valence-electron chi connectivity index (χ2n) is 4.87. The van der Waals surface area contributed by atoms with Gasteiger partial charge < -0.3 is 4.74 Å². The summed E-state index contributed by atoms with van der Waals surface area (Å²) in [5.41, 5.74) is 4.51. The van der Waals surface area contributed by atoms with Gasteiger partial charge in [-0.1, -0.05) is 24.1 Å². The van der Waals surface area contributed by atoms with Crippen LogP contribution in [0.4, 0.5) is 4.39 Å². The zero-order valence-corrected chi connectivity index (χ0v) is 11.3. The predicted octanol–water partition coefficient (Wildman–Crippen LogP) is 3.23. The highest BCUT2D eigenvalue weighted by molar-refractivity contribution is 5.35. The zero-order chi connectivity index (χ0) is 13.7. The average molecular weight is 264 g/mol. The quantitative estimate of drug-likeness (QED) is 0.498. The van der Waals surface area contributed by atoms with E-state index in [1.807, 2.05) is 0 Å². The molecule has 0 bridgehead atoms. The Morgan fingerprint density at radius 1 is 1.32 bits per heavy atom. The molecule has 0 spiro atoms. The Bertz CT molecular complexity index is 459. The second kappa shape index (κ2) is 6.68. The summed E-state index contributed by atoms with van der Waals surface area (Å²) in [6.07, 6.45) is 7.78. The van der Waals surface area contributed by atoms with E-state index in [9.17, 15) is 4.39 Å². The van der Waals surface area contributed by atoms with Crippen LogP contribution in [0.2, 0.25) is 0 Å². The number of rotatable bonds is 4. The van der Waals surface area contributed by atoms with E-state index >= 15 is 0 Å². The van der Waals surface area contributed by atoms with Crippen molar-refractivity contribution in [1.29, 1.82) is 0 Å². The van der Waals surface area contributed by atoms with Crippen molar-refractivity contribution in [3.05, 3.63) is 41.2 Å². The Morgan fingerprint density at radius 2 is 2.16 bits per heavy atom. The van der Waals surface area contributed by atoms with Gasteiger partial charge in [-0.15, -0.1) is 0 Å². The predicted molar refractivity (Wildman–Crippen MR) is 74.2 cm³/mol. The molecule has 2 rings (SSSR count). The van der Waals surface area contributed by atoms with Crippen molar-refractivity contribution >= 4 is 0 Å². The molecule has 4 heteroatoms. The number of methoxy groups -OCH3 is 1. The van der Waals surface area contributed by atoms with E-state index < -0.39 is 0 Å². The molecule has 0 saturated heterocycles. The smallest absolute Gasteiger partial charge is 0.132 e. The van der Waals surface area contributed by atoms with Crippen LogP contribution in [-0.2, 0) is 0 Å². The molecule has 19 heavy (non-hydrogen) atoms. The fraction of sp³-hybridized carbons (Fsp3) is 0.467. The van der Waals surface area contributed by atoms with E-state index in [0.717, 1.165) is 19.3 Å². The van der Waals surface area contributed by atoms with Crippen molar-refractivity contribution in [3.63, 3.8) is 0 Å². The van der Waals surface area contributed by atoms with Gasteiger partial charge >= 0.3 is 0 Å². The first-order chi connectivity index (χ1) is 9.26. The van der Waals surface area contributed by atoms with Gasteiger partial charge in [0.05, 0.1) is 13.2 Å². The highest BCUT2D eigenvalue weighted by Crippen LogP contribution is 2.31. The summed E-state index contributed by atoms with van der Waals surface area (Å²) >= 11 is 0. The molecule has 3 N–H and O–H groups in total. The van der Waals surface area contributed by atoms with Crippen LogP contribution in [0.1, 0.15) is 43.7 Å². The third-order valence-corrected chi connectivity index (χ3v) is 3.63. The lowest BCUT2D eigenvalue weighted by Crippen LogP contribution is -2.30. The molecule has 1 aromatic rings. The fourth-order valence-electron chi connectivity index (χ4n) is 2.57. The van der Waals surface area contributed by atoms with Crippen LogP contribution in [0, 0.1) is 5.82 Å². The summed E-state index contributed by atoms with van der Waals surface area (Å²) in [5, 5.41) is 0. The molecular formula is C15H21FN2O. The highest BCUT2D eigenvalue weighted by atomic mass is 19.1. The van der Waals surface area contributed by atoms with Crippen molar-refractivity contribution in [2.24, 2.45) is 5.84 Å². The van der Waals surface area contributed by atoms with E-state index in [1.165, 1.54) is 31.6 Å². The first-order valence-corrected chi connectivity index (χ1v) is 6.74. The summed E-state index contributed by atoms with van der Waals surface area (Å²) in [7, 11) is 1.53. The lowest BCUT2D eigenvalue weighted by atomic mass is 9.95. The minimum atomic E-state index is -0.285. The van der Waals surface area contributed by atoms with Gasteiger partial charge in [0.15, 0.2) is 0 Å². The number of hydrazine groups is 1. The topological polar surface area (TPSA) is 47.3 Å². The maximum atomic E-state index is 14.1.